The summed E-state index contributed by atoms with van der Waals surface area (Å²) < 4.78 is 0. The van der Waals surface area contributed by atoms with Gasteiger partial charge in [-0.1, -0.05) is 53.0 Å². The molecule has 16 heavy (non-hydrogen) atoms. The number of alkyl halides is 1. The molecule has 1 nitrogen and oxygen atoms in total. The maximum Gasteiger partial charge on any atom is 0.0406 e. The van der Waals surface area contributed by atoms with Crippen LogP contribution in [-0.4, -0.2) is 23.3 Å². The van der Waals surface area contributed by atoms with E-state index in [-0.39, 0.29) is 0 Å². The summed E-state index contributed by atoms with van der Waals surface area (Å²) >= 11 is 9.38. The van der Waals surface area contributed by atoms with E-state index in [4.69, 9.17) is 11.6 Å². The van der Waals surface area contributed by atoms with Gasteiger partial charge < -0.3 is 0 Å². The summed E-state index contributed by atoms with van der Waals surface area (Å²) in [5.74, 6) is 0. The molecule has 0 aliphatic rings. The Balaban J connectivity index is 2.49. The van der Waals surface area contributed by atoms with E-state index in [1.807, 2.05) is 12.1 Å². The fourth-order valence-corrected chi connectivity index (χ4v) is 2.25. The Bertz CT molecular complexity index is 286. The molecule has 0 atom stereocenters. The fourth-order valence-electron chi connectivity index (χ4n) is 1.62. The van der Waals surface area contributed by atoms with Crippen molar-refractivity contribution in [1.82, 2.24) is 4.90 Å². The van der Waals surface area contributed by atoms with Crippen molar-refractivity contribution in [2.45, 2.75) is 26.3 Å². The zero-order chi connectivity index (χ0) is 11.8. The first-order chi connectivity index (χ1) is 7.76. The zero-order valence-electron chi connectivity index (χ0n) is 9.76. The fraction of sp³-hybridized carbons (Fsp3) is 0.538. The SMILES string of the molecule is CCCCN(CCBr)Cc1ccc(Cl)cc1. The molecule has 0 amide bonds. The molecule has 3 heteroatoms. The van der Waals surface area contributed by atoms with Crippen molar-refractivity contribution in [3.8, 4) is 0 Å². The second-order valence-electron chi connectivity index (χ2n) is 3.95. The van der Waals surface area contributed by atoms with Crippen LogP contribution in [0.5, 0.6) is 0 Å². The largest absolute Gasteiger partial charge is 0.298 e. The van der Waals surface area contributed by atoms with Gasteiger partial charge in [0.25, 0.3) is 0 Å². The van der Waals surface area contributed by atoms with Gasteiger partial charge in [0.15, 0.2) is 0 Å². The highest BCUT2D eigenvalue weighted by Crippen LogP contribution is 2.12. The maximum atomic E-state index is 5.87. The Morgan fingerprint density at radius 3 is 2.44 bits per heavy atom. The number of nitrogens with zero attached hydrogens (tertiary/aromatic N) is 1. The third-order valence-electron chi connectivity index (χ3n) is 2.55. The monoisotopic (exact) mass is 303 g/mol. The predicted molar refractivity (Wildman–Crippen MR) is 75.4 cm³/mol. The van der Waals surface area contributed by atoms with Crippen LogP contribution in [0, 0.1) is 0 Å². The summed E-state index contributed by atoms with van der Waals surface area (Å²) in [5.41, 5.74) is 1.33. The number of hydrogen-bond donors (Lipinski definition) is 0. The van der Waals surface area contributed by atoms with Crippen LogP contribution in [0.3, 0.4) is 0 Å². The molecule has 1 aromatic rings. The summed E-state index contributed by atoms with van der Waals surface area (Å²) in [6.45, 7) is 5.52. The second kappa shape index (κ2) is 8.10. The third kappa shape index (κ3) is 5.33. The van der Waals surface area contributed by atoms with E-state index >= 15 is 0 Å². The van der Waals surface area contributed by atoms with Crippen molar-refractivity contribution in [3.63, 3.8) is 0 Å². The minimum absolute atomic E-state index is 0.810. The highest BCUT2D eigenvalue weighted by atomic mass is 79.9. The van der Waals surface area contributed by atoms with Crippen molar-refractivity contribution in [2.24, 2.45) is 0 Å². The zero-order valence-corrected chi connectivity index (χ0v) is 12.1. The number of halogens is 2. The summed E-state index contributed by atoms with van der Waals surface area (Å²) in [7, 11) is 0. The van der Waals surface area contributed by atoms with Crippen molar-refractivity contribution < 1.29 is 0 Å². The molecule has 0 aliphatic heterocycles. The first kappa shape index (κ1) is 14.0. The molecule has 0 aliphatic carbocycles. The van der Waals surface area contributed by atoms with Crippen LogP contribution < -0.4 is 0 Å². The summed E-state index contributed by atoms with van der Waals surface area (Å²) in [6.07, 6.45) is 2.51. The summed E-state index contributed by atoms with van der Waals surface area (Å²) in [6, 6.07) is 8.14. The molecule has 90 valence electrons. The molecule has 0 radical (unpaired) electrons. The molecule has 1 rings (SSSR count). The Kier molecular flexibility index (Phi) is 7.10. The molecular formula is C13H19BrClN. The van der Waals surface area contributed by atoms with Crippen LogP contribution in [0.25, 0.3) is 0 Å². The van der Waals surface area contributed by atoms with Crippen LogP contribution in [-0.2, 0) is 6.54 Å². The van der Waals surface area contributed by atoms with Gasteiger partial charge in [0.1, 0.15) is 0 Å². The second-order valence-corrected chi connectivity index (χ2v) is 5.17. The van der Waals surface area contributed by atoms with Crippen LogP contribution in [0.4, 0.5) is 0 Å². The highest BCUT2D eigenvalue weighted by molar-refractivity contribution is 9.09. The molecule has 0 spiro atoms. The lowest BCUT2D eigenvalue weighted by Gasteiger charge is -2.21. The van der Waals surface area contributed by atoms with Gasteiger partial charge in [-0.05, 0) is 30.7 Å². The maximum absolute atomic E-state index is 5.87. The van der Waals surface area contributed by atoms with E-state index in [2.05, 4.69) is 39.9 Å². The van der Waals surface area contributed by atoms with Gasteiger partial charge in [0.2, 0.25) is 0 Å². The number of unbranched alkanes of at least 4 members (excludes halogenated alkanes) is 1. The van der Waals surface area contributed by atoms with Crippen molar-refractivity contribution in [1.29, 1.82) is 0 Å². The molecule has 0 saturated heterocycles. The molecule has 0 bridgehead atoms. The third-order valence-corrected chi connectivity index (χ3v) is 3.15. The van der Waals surface area contributed by atoms with Gasteiger partial charge in [-0.25, -0.2) is 0 Å². The minimum Gasteiger partial charge on any atom is -0.298 e. The number of rotatable bonds is 7. The molecular weight excluding hydrogens is 286 g/mol. The van der Waals surface area contributed by atoms with Crippen LogP contribution in [0.2, 0.25) is 5.02 Å². The summed E-state index contributed by atoms with van der Waals surface area (Å²) in [4.78, 5) is 2.47. The summed E-state index contributed by atoms with van der Waals surface area (Å²) in [5, 5.41) is 1.84. The van der Waals surface area contributed by atoms with E-state index < -0.39 is 0 Å². The lowest BCUT2D eigenvalue weighted by molar-refractivity contribution is 0.278. The normalized spacial score (nSPS) is 11.0. The lowest BCUT2D eigenvalue weighted by atomic mass is 10.2. The van der Waals surface area contributed by atoms with Crippen molar-refractivity contribution >= 4 is 27.5 Å². The van der Waals surface area contributed by atoms with Crippen LogP contribution in [0.1, 0.15) is 25.3 Å². The van der Waals surface area contributed by atoms with E-state index in [1.54, 1.807) is 0 Å². The van der Waals surface area contributed by atoms with Gasteiger partial charge in [-0.2, -0.15) is 0 Å². The Labute approximate surface area is 112 Å². The Morgan fingerprint density at radius 1 is 1.19 bits per heavy atom. The van der Waals surface area contributed by atoms with Crippen LogP contribution >= 0.6 is 27.5 Å². The van der Waals surface area contributed by atoms with E-state index in [1.165, 1.54) is 24.9 Å². The van der Waals surface area contributed by atoms with Gasteiger partial charge >= 0.3 is 0 Å². The van der Waals surface area contributed by atoms with Gasteiger partial charge in [-0.3, -0.25) is 4.90 Å². The quantitative estimate of drug-likeness (QED) is 0.677. The van der Waals surface area contributed by atoms with E-state index in [0.29, 0.717) is 0 Å². The van der Waals surface area contributed by atoms with Crippen LogP contribution in [0.15, 0.2) is 24.3 Å². The van der Waals surface area contributed by atoms with Crippen molar-refractivity contribution in [3.05, 3.63) is 34.9 Å². The highest BCUT2D eigenvalue weighted by Gasteiger charge is 2.04. The first-order valence-electron chi connectivity index (χ1n) is 5.79. The Hall–Kier alpha value is -0.0500. The smallest absolute Gasteiger partial charge is 0.0406 e. The molecule has 0 N–H and O–H groups in total. The first-order valence-corrected chi connectivity index (χ1v) is 7.29. The Morgan fingerprint density at radius 2 is 1.88 bits per heavy atom. The van der Waals surface area contributed by atoms with E-state index in [0.717, 1.165) is 23.4 Å². The lowest BCUT2D eigenvalue weighted by Crippen LogP contribution is -2.26. The standard InChI is InChI=1S/C13H19BrClN/c1-2-3-9-16(10-8-14)11-12-4-6-13(15)7-5-12/h4-7H,2-3,8-11H2,1H3. The minimum atomic E-state index is 0.810. The molecule has 0 fully saturated rings. The topological polar surface area (TPSA) is 3.24 Å². The van der Waals surface area contributed by atoms with Gasteiger partial charge in [0, 0.05) is 23.4 Å². The van der Waals surface area contributed by atoms with E-state index in [9.17, 15) is 0 Å². The predicted octanol–water partition coefficient (Wildman–Crippen LogP) is 4.34. The molecule has 1 aromatic carbocycles. The van der Waals surface area contributed by atoms with Crippen molar-refractivity contribution in [2.75, 3.05) is 18.4 Å². The average molecular weight is 305 g/mol. The average Bonchev–Trinajstić information content (AvgIpc) is 2.29. The number of benzene rings is 1. The van der Waals surface area contributed by atoms with Gasteiger partial charge in [0.05, 0.1) is 0 Å². The molecule has 0 heterocycles. The molecule has 0 saturated carbocycles. The molecule has 0 aromatic heterocycles. The number of hydrogen-bond acceptors (Lipinski definition) is 1. The molecule has 0 unspecified atom stereocenters. The van der Waals surface area contributed by atoms with Gasteiger partial charge in [-0.15, -0.1) is 0 Å².